The molecule has 110 valence electrons. The first kappa shape index (κ1) is 14.1. The Bertz CT molecular complexity index is 795. The van der Waals surface area contributed by atoms with E-state index in [1.807, 2.05) is 30.3 Å². The van der Waals surface area contributed by atoms with Crippen LogP contribution in [0.1, 0.15) is 5.76 Å². The number of aliphatic imine (C=N–C) groups is 1. The predicted octanol–water partition coefficient (Wildman–Crippen LogP) is 3.08. The molecule has 0 saturated carbocycles. The number of nitro groups is 1. The molecule has 22 heavy (non-hydrogen) atoms. The fraction of sp³-hybridized carbons (Fsp3) is 0. The molecule has 1 saturated heterocycles. The first-order chi connectivity index (χ1) is 10.6. The highest BCUT2D eigenvalue weighted by molar-refractivity contribution is 8.18. The monoisotopic (exact) mass is 315 g/mol. The van der Waals surface area contributed by atoms with Crippen molar-refractivity contribution in [2.24, 2.45) is 4.99 Å². The van der Waals surface area contributed by atoms with Gasteiger partial charge in [0.25, 0.3) is 5.91 Å². The van der Waals surface area contributed by atoms with Gasteiger partial charge in [0.15, 0.2) is 5.17 Å². The van der Waals surface area contributed by atoms with E-state index in [0.717, 1.165) is 17.4 Å². The number of carbonyl (C=O) groups is 1. The zero-order chi connectivity index (χ0) is 15.5. The number of nitrogens with zero attached hydrogens (tertiary/aromatic N) is 2. The van der Waals surface area contributed by atoms with Gasteiger partial charge in [0.05, 0.1) is 16.7 Å². The maximum atomic E-state index is 11.9. The van der Waals surface area contributed by atoms with Crippen molar-refractivity contribution in [1.82, 2.24) is 5.32 Å². The van der Waals surface area contributed by atoms with Gasteiger partial charge in [-0.2, -0.15) is 0 Å². The number of para-hydroxylation sites is 1. The molecule has 8 heteroatoms. The summed E-state index contributed by atoms with van der Waals surface area (Å²) in [6.07, 6.45) is 1.44. The van der Waals surface area contributed by atoms with E-state index in [1.165, 1.54) is 18.2 Å². The number of nitrogens with one attached hydrogen (secondary N) is 1. The van der Waals surface area contributed by atoms with Crippen LogP contribution in [0.2, 0.25) is 0 Å². The second-order valence-corrected chi connectivity index (χ2v) is 5.28. The maximum absolute atomic E-state index is 11.9. The smallest absolute Gasteiger partial charge is 0.401 e. The van der Waals surface area contributed by atoms with Crippen LogP contribution in [0.3, 0.4) is 0 Å². The molecule has 1 aliphatic heterocycles. The third kappa shape index (κ3) is 3.07. The van der Waals surface area contributed by atoms with Crippen molar-refractivity contribution in [2.75, 3.05) is 0 Å². The van der Waals surface area contributed by atoms with Crippen LogP contribution in [-0.2, 0) is 4.79 Å². The van der Waals surface area contributed by atoms with Crippen molar-refractivity contribution in [3.05, 3.63) is 63.2 Å². The van der Waals surface area contributed by atoms with Gasteiger partial charge in [0.2, 0.25) is 0 Å². The van der Waals surface area contributed by atoms with Crippen LogP contribution in [0.15, 0.2) is 56.8 Å². The summed E-state index contributed by atoms with van der Waals surface area (Å²) in [5, 5.41) is 13.6. The Balaban J connectivity index is 1.81. The lowest BCUT2D eigenvalue weighted by Crippen LogP contribution is -2.19. The topological polar surface area (TPSA) is 97.7 Å². The molecule has 1 amide bonds. The SMILES string of the molecule is O=C1NC(=Nc2ccccc2)S/C1=C/c1ccc([N+](=O)[O-])o1. The van der Waals surface area contributed by atoms with Crippen LogP contribution < -0.4 is 5.32 Å². The second-order valence-electron chi connectivity index (χ2n) is 4.25. The first-order valence-electron chi connectivity index (χ1n) is 6.21. The lowest BCUT2D eigenvalue weighted by molar-refractivity contribution is -0.402. The van der Waals surface area contributed by atoms with Gasteiger partial charge in [-0.3, -0.25) is 14.9 Å². The van der Waals surface area contributed by atoms with Gasteiger partial charge >= 0.3 is 5.88 Å². The molecule has 3 rings (SSSR count). The Morgan fingerprint density at radius 3 is 2.68 bits per heavy atom. The van der Waals surface area contributed by atoms with Crippen LogP contribution in [-0.4, -0.2) is 16.0 Å². The number of amides is 1. The molecule has 0 atom stereocenters. The molecule has 2 heterocycles. The quantitative estimate of drug-likeness (QED) is 0.533. The summed E-state index contributed by atoms with van der Waals surface area (Å²) in [6.45, 7) is 0. The standard InChI is InChI=1S/C14H9N3O4S/c18-13-11(8-10-6-7-12(21-10)17(19)20)22-14(16-13)15-9-4-2-1-3-5-9/h1-8H,(H,15,16,18)/b11-8+. The largest absolute Gasteiger partial charge is 0.433 e. The number of hydrogen-bond acceptors (Lipinski definition) is 6. The lowest BCUT2D eigenvalue weighted by Gasteiger charge is -1.94. The second kappa shape index (κ2) is 5.86. The number of benzene rings is 1. The van der Waals surface area contributed by atoms with E-state index in [9.17, 15) is 14.9 Å². The third-order valence-corrected chi connectivity index (χ3v) is 3.61. The number of furan rings is 1. The van der Waals surface area contributed by atoms with Crippen LogP contribution in [0, 0.1) is 10.1 Å². The highest BCUT2D eigenvalue weighted by Gasteiger charge is 2.24. The zero-order valence-corrected chi connectivity index (χ0v) is 11.9. The zero-order valence-electron chi connectivity index (χ0n) is 11.1. The minimum absolute atomic E-state index is 0.241. The van der Waals surface area contributed by atoms with Gasteiger partial charge in [0, 0.05) is 6.08 Å². The molecular weight excluding hydrogens is 306 g/mol. The van der Waals surface area contributed by atoms with Crippen molar-refractivity contribution in [3.8, 4) is 0 Å². The molecule has 1 aliphatic rings. The molecule has 0 spiro atoms. The van der Waals surface area contributed by atoms with Crippen molar-refractivity contribution in [1.29, 1.82) is 0 Å². The minimum Gasteiger partial charge on any atom is -0.401 e. The van der Waals surface area contributed by atoms with Gasteiger partial charge in [0.1, 0.15) is 10.7 Å². The van der Waals surface area contributed by atoms with Gasteiger partial charge in [-0.1, -0.05) is 18.2 Å². The number of hydrogen-bond donors (Lipinski definition) is 1. The number of amidine groups is 1. The molecule has 0 aliphatic carbocycles. The molecule has 0 radical (unpaired) electrons. The Morgan fingerprint density at radius 2 is 2.00 bits per heavy atom. The van der Waals surface area contributed by atoms with Crippen molar-refractivity contribution in [3.63, 3.8) is 0 Å². The van der Waals surface area contributed by atoms with E-state index in [1.54, 1.807) is 0 Å². The molecule has 0 bridgehead atoms. The van der Waals surface area contributed by atoms with Gasteiger partial charge in [-0.05, 0) is 30.0 Å². The molecular formula is C14H9N3O4S. The van der Waals surface area contributed by atoms with E-state index < -0.39 is 4.92 Å². The number of rotatable bonds is 3. The van der Waals surface area contributed by atoms with Crippen molar-refractivity contribution >= 4 is 40.5 Å². The van der Waals surface area contributed by atoms with E-state index in [-0.39, 0.29) is 17.6 Å². The normalized spacial score (nSPS) is 17.9. The van der Waals surface area contributed by atoms with E-state index in [0.29, 0.717) is 10.1 Å². The van der Waals surface area contributed by atoms with Crippen LogP contribution in [0.4, 0.5) is 11.6 Å². The summed E-state index contributed by atoms with van der Waals surface area (Å²) in [6, 6.07) is 11.9. The Kier molecular flexibility index (Phi) is 3.75. The molecule has 1 fully saturated rings. The molecule has 1 aromatic carbocycles. The van der Waals surface area contributed by atoms with Gasteiger partial charge < -0.3 is 9.73 Å². The van der Waals surface area contributed by atoms with Gasteiger partial charge in [-0.15, -0.1) is 0 Å². The van der Waals surface area contributed by atoms with E-state index in [2.05, 4.69) is 10.3 Å². The molecule has 1 N–H and O–H groups in total. The van der Waals surface area contributed by atoms with Crippen LogP contribution >= 0.6 is 11.8 Å². The Morgan fingerprint density at radius 1 is 1.23 bits per heavy atom. The summed E-state index contributed by atoms with van der Waals surface area (Å²) in [7, 11) is 0. The fourth-order valence-corrected chi connectivity index (χ4v) is 2.57. The molecule has 2 aromatic rings. The number of thioether (sulfide) groups is 1. The summed E-state index contributed by atoms with van der Waals surface area (Å²) in [5.74, 6) is -0.447. The minimum atomic E-state index is -0.633. The number of carbonyl (C=O) groups excluding carboxylic acids is 1. The Hall–Kier alpha value is -2.87. The van der Waals surface area contributed by atoms with Crippen LogP contribution in [0.5, 0.6) is 0 Å². The van der Waals surface area contributed by atoms with Crippen molar-refractivity contribution < 1.29 is 14.1 Å². The summed E-state index contributed by atoms with van der Waals surface area (Å²) >= 11 is 1.15. The highest BCUT2D eigenvalue weighted by Crippen LogP contribution is 2.29. The van der Waals surface area contributed by atoms with E-state index in [4.69, 9.17) is 4.42 Å². The van der Waals surface area contributed by atoms with Crippen molar-refractivity contribution in [2.45, 2.75) is 0 Å². The first-order valence-corrected chi connectivity index (χ1v) is 7.02. The summed E-state index contributed by atoms with van der Waals surface area (Å²) < 4.78 is 5.00. The lowest BCUT2D eigenvalue weighted by atomic mass is 10.3. The van der Waals surface area contributed by atoms with Gasteiger partial charge in [-0.25, -0.2) is 4.99 Å². The fourth-order valence-electron chi connectivity index (χ4n) is 1.75. The van der Waals surface area contributed by atoms with Crippen LogP contribution in [0.25, 0.3) is 6.08 Å². The van der Waals surface area contributed by atoms with E-state index >= 15 is 0 Å². The molecule has 0 unspecified atom stereocenters. The predicted molar refractivity (Wildman–Crippen MR) is 82.6 cm³/mol. The molecule has 7 nitrogen and oxygen atoms in total. The highest BCUT2D eigenvalue weighted by atomic mass is 32.2. The maximum Gasteiger partial charge on any atom is 0.433 e. The third-order valence-electron chi connectivity index (χ3n) is 2.70. The molecule has 1 aromatic heterocycles. The summed E-state index contributed by atoms with van der Waals surface area (Å²) in [5.41, 5.74) is 0.722. The average molecular weight is 315 g/mol. The Labute approximate surface area is 128 Å². The average Bonchev–Trinajstić information content (AvgIpc) is 3.08. The summed E-state index contributed by atoms with van der Waals surface area (Å²) in [4.78, 5) is 26.5.